The molecule has 20 heavy (non-hydrogen) atoms. The van der Waals surface area contributed by atoms with E-state index in [2.05, 4.69) is 24.0 Å². The van der Waals surface area contributed by atoms with Crippen molar-refractivity contribution in [3.8, 4) is 11.5 Å². The van der Waals surface area contributed by atoms with Gasteiger partial charge in [-0.2, -0.15) is 4.98 Å². The molecule has 1 aliphatic carbocycles. The van der Waals surface area contributed by atoms with Gasteiger partial charge in [-0.05, 0) is 49.0 Å². The molecule has 2 heterocycles. The van der Waals surface area contributed by atoms with Crippen LogP contribution in [0.4, 0.5) is 5.00 Å². The molecule has 0 amide bonds. The lowest BCUT2D eigenvalue weighted by atomic mass is 9.77. The van der Waals surface area contributed by atoms with Gasteiger partial charge in [0.1, 0.15) is 0 Å². The molecule has 108 valence electrons. The van der Waals surface area contributed by atoms with Crippen molar-refractivity contribution >= 4 is 16.3 Å². The third-order valence-electron chi connectivity index (χ3n) is 4.45. The van der Waals surface area contributed by atoms with E-state index in [1.807, 2.05) is 11.4 Å². The standard InChI is InChI=1S/C15H21N3OS/c1-9(2)10-3-5-11(6-4-10)14-17-15(19-18-14)12-7-8-20-13(12)16/h7-11H,3-6,16H2,1-2H3. The number of nitrogens with zero attached hydrogens (tertiary/aromatic N) is 2. The number of anilines is 1. The fourth-order valence-electron chi connectivity index (χ4n) is 3.05. The van der Waals surface area contributed by atoms with Crippen LogP contribution in [0.15, 0.2) is 16.0 Å². The van der Waals surface area contributed by atoms with Gasteiger partial charge in [0.05, 0.1) is 10.6 Å². The topological polar surface area (TPSA) is 64.9 Å². The number of nitrogens with two attached hydrogens (primary N) is 1. The Morgan fingerprint density at radius 3 is 2.65 bits per heavy atom. The van der Waals surface area contributed by atoms with Gasteiger partial charge in [-0.25, -0.2) is 0 Å². The van der Waals surface area contributed by atoms with Crippen LogP contribution in [0, 0.1) is 11.8 Å². The SMILES string of the molecule is CC(C)C1CCC(c2noc(-c3ccsc3N)n2)CC1. The van der Waals surface area contributed by atoms with Crippen LogP contribution in [-0.2, 0) is 0 Å². The Labute approximate surface area is 123 Å². The number of hydrogen-bond donors (Lipinski definition) is 1. The van der Waals surface area contributed by atoms with Gasteiger partial charge in [-0.1, -0.05) is 19.0 Å². The first-order valence-corrected chi connectivity index (χ1v) is 8.20. The summed E-state index contributed by atoms with van der Waals surface area (Å²) >= 11 is 1.50. The Morgan fingerprint density at radius 1 is 1.30 bits per heavy atom. The van der Waals surface area contributed by atoms with Gasteiger partial charge in [0, 0.05) is 5.92 Å². The largest absolute Gasteiger partial charge is 0.390 e. The van der Waals surface area contributed by atoms with Gasteiger partial charge in [0.15, 0.2) is 5.82 Å². The van der Waals surface area contributed by atoms with Crippen molar-refractivity contribution in [2.45, 2.75) is 45.4 Å². The lowest BCUT2D eigenvalue weighted by molar-refractivity contribution is 0.252. The second kappa shape index (κ2) is 5.56. The predicted octanol–water partition coefficient (Wildman–Crippen LogP) is 4.31. The molecule has 1 saturated carbocycles. The molecule has 4 nitrogen and oxygen atoms in total. The van der Waals surface area contributed by atoms with Gasteiger partial charge in [0.2, 0.25) is 0 Å². The minimum Gasteiger partial charge on any atom is -0.390 e. The van der Waals surface area contributed by atoms with E-state index in [-0.39, 0.29) is 0 Å². The smallest absolute Gasteiger partial charge is 0.260 e. The summed E-state index contributed by atoms with van der Waals surface area (Å²) in [5, 5.41) is 6.86. The molecular weight excluding hydrogens is 270 g/mol. The molecule has 0 radical (unpaired) electrons. The molecule has 2 aromatic rings. The molecule has 2 aromatic heterocycles. The molecule has 1 aliphatic rings. The Bertz CT molecular complexity index is 567. The van der Waals surface area contributed by atoms with Crippen LogP contribution in [0.1, 0.15) is 51.3 Å². The highest BCUT2D eigenvalue weighted by Crippen LogP contribution is 2.38. The number of hydrogen-bond acceptors (Lipinski definition) is 5. The van der Waals surface area contributed by atoms with Gasteiger partial charge < -0.3 is 10.3 Å². The van der Waals surface area contributed by atoms with Crippen LogP contribution < -0.4 is 5.73 Å². The van der Waals surface area contributed by atoms with E-state index < -0.39 is 0 Å². The van der Waals surface area contributed by atoms with Crippen LogP contribution in [-0.4, -0.2) is 10.1 Å². The molecule has 0 aliphatic heterocycles. The van der Waals surface area contributed by atoms with Gasteiger partial charge in [0.25, 0.3) is 5.89 Å². The summed E-state index contributed by atoms with van der Waals surface area (Å²) in [7, 11) is 0. The van der Waals surface area contributed by atoms with E-state index in [9.17, 15) is 0 Å². The first kappa shape index (κ1) is 13.6. The Balaban J connectivity index is 1.71. The molecule has 2 N–H and O–H groups in total. The molecule has 5 heteroatoms. The fraction of sp³-hybridized carbons (Fsp3) is 0.600. The molecule has 0 unspecified atom stereocenters. The lowest BCUT2D eigenvalue weighted by Crippen LogP contribution is -2.18. The average molecular weight is 291 g/mol. The Kier molecular flexibility index (Phi) is 3.78. The molecular formula is C15H21N3OS. The van der Waals surface area contributed by atoms with E-state index >= 15 is 0 Å². The zero-order valence-corrected chi connectivity index (χ0v) is 12.8. The Morgan fingerprint density at radius 2 is 2.05 bits per heavy atom. The van der Waals surface area contributed by atoms with Crippen LogP contribution in [0.2, 0.25) is 0 Å². The average Bonchev–Trinajstić information content (AvgIpc) is 3.07. The molecule has 0 atom stereocenters. The van der Waals surface area contributed by atoms with E-state index in [1.54, 1.807) is 0 Å². The molecule has 0 bridgehead atoms. The highest BCUT2D eigenvalue weighted by Gasteiger charge is 2.27. The van der Waals surface area contributed by atoms with Crippen molar-refractivity contribution in [2.75, 3.05) is 5.73 Å². The highest BCUT2D eigenvalue weighted by molar-refractivity contribution is 7.14. The van der Waals surface area contributed by atoms with Crippen LogP contribution >= 0.6 is 11.3 Å². The predicted molar refractivity (Wildman–Crippen MR) is 81.6 cm³/mol. The Hall–Kier alpha value is -1.36. The summed E-state index contributed by atoms with van der Waals surface area (Å²) in [6, 6.07) is 1.94. The fourth-order valence-corrected chi connectivity index (χ4v) is 3.68. The third kappa shape index (κ3) is 2.59. The van der Waals surface area contributed by atoms with Gasteiger partial charge in [-0.15, -0.1) is 11.3 Å². The summed E-state index contributed by atoms with van der Waals surface area (Å²) in [5.74, 6) is 3.49. The quantitative estimate of drug-likeness (QED) is 0.915. The molecule has 0 spiro atoms. The van der Waals surface area contributed by atoms with E-state index in [4.69, 9.17) is 10.3 Å². The van der Waals surface area contributed by atoms with Crippen molar-refractivity contribution in [2.24, 2.45) is 11.8 Å². The second-order valence-electron chi connectivity index (χ2n) is 6.01. The molecule has 1 fully saturated rings. The van der Waals surface area contributed by atoms with Crippen LogP contribution in [0.25, 0.3) is 11.5 Å². The maximum Gasteiger partial charge on any atom is 0.260 e. The maximum atomic E-state index is 5.90. The molecule has 3 rings (SSSR count). The summed E-state index contributed by atoms with van der Waals surface area (Å²) in [4.78, 5) is 4.56. The van der Waals surface area contributed by atoms with Crippen LogP contribution in [0.5, 0.6) is 0 Å². The molecule has 0 saturated heterocycles. The maximum absolute atomic E-state index is 5.90. The monoisotopic (exact) mass is 291 g/mol. The lowest BCUT2D eigenvalue weighted by Gasteiger charge is -2.29. The van der Waals surface area contributed by atoms with Crippen molar-refractivity contribution in [1.82, 2.24) is 10.1 Å². The number of rotatable bonds is 3. The van der Waals surface area contributed by atoms with Crippen LogP contribution in [0.3, 0.4) is 0 Å². The summed E-state index contributed by atoms with van der Waals surface area (Å²) in [5.41, 5.74) is 6.77. The minimum atomic E-state index is 0.447. The van der Waals surface area contributed by atoms with Crippen molar-refractivity contribution in [3.63, 3.8) is 0 Å². The van der Waals surface area contributed by atoms with E-state index in [0.29, 0.717) is 11.8 Å². The summed E-state index contributed by atoms with van der Waals surface area (Å²) < 4.78 is 5.38. The van der Waals surface area contributed by atoms with E-state index in [1.165, 1.54) is 37.0 Å². The van der Waals surface area contributed by atoms with E-state index in [0.717, 1.165) is 28.2 Å². The summed E-state index contributed by atoms with van der Waals surface area (Å²) in [6.45, 7) is 4.63. The second-order valence-corrected chi connectivity index (χ2v) is 6.96. The number of thiophene rings is 1. The first-order valence-electron chi connectivity index (χ1n) is 7.32. The third-order valence-corrected chi connectivity index (χ3v) is 5.19. The van der Waals surface area contributed by atoms with Gasteiger partial charge >= 0.3 is 0 Å². The minimum absolute atomic E-state index is 0.447. The van der Waals surface area contributed by atoms with Crippen molar-refractivity contribution in [3.05, 3.63) is 17.3 Å². The van der Waals surface area contributed by atoms with Gasteiger partial charge in [-0.3, -0.25) is 0 Å². The zero-order chi connectivity index (χ0) is 14.1. The zero-order valence-electron chi connectivity index (χ0n) is 12.0. The first-order chi connectivity index (χ1) is 9.65. The summed E-state index contributed by atoms with van der Waals surface area (Å²) in [6.07, 6.45) is 4.88. The van der Waals surface area contributed by atoms with Crippen molar-refractivity contribution in [1.29, 1.82) is 0 Å². The highest BCUT2D eigenvalue weighted by atomic mass is 32.1. The number of nitrogen functional groups attached to an aromatic ring is 1. The van der Waals surface area contributed by atoms with Crippen molar-refractivity contribution < 1.29 is 4.52 Å². The normalized spacial score (nSPS) is 23.4. The molecule has 0 aromatic carbocycles. The number of aromatic nitrogens is 2.